The largest absolute Gasteiger partial charge is 0.413 e. The summed E-state index contributed by atoms with van der Waals surface area (Å²) >= 11 is 0. The molecule has 3 aliphatic rings. The van der Waals surface area contributed by atoms with Gasteiger partial charge in [0.05, 0.1) is 12.2 Å². The number of terminal acetylenes is 1. The van der Waals surface area contributed by atoms with Gasteiger partial charge in [-0.2, -0.15) is 0 Å². The monoisotopic (exact) mass is 568 g/mol. The van der Waals surface area contributed by atoms with Gasteiger partial charge in [-0.25, -0.2) is 0 Å². The van der Waals surface area contributed by atoms with Gasteiger partial charge in [-0.15, -0.1) is 12.3 Å². The van der Waals surface area contributed by atoms with E-state index in [1.165, 1.54) is 43.3 Å². The molecule has 3 fully saturated rings. The third kappa shape index (κ3) is 6.79. The molecule has 0 N–H and O–H groups in total. The summed E-state index contributed by atoms with van der Waals surface area (Å²) in [6.45, 7) is 32.9. The van der Waals surface area contributed by atoms with Crippen molar-refractivity contribution in [1.82, 2.24) is 0 Å². The van der Waals surface area contributed by atoms with Crippen molar-refractivity contribution in [2.75, 3.05) is 0 Å². The molecule has 0 aromatic rings. The molecule has 39 heavy (non-hydrogen) atoms. The van der Waals surface area contributed by atoms with Crippen LogP contribution in [0, 0.1) is 35.5 Å². The highest BCUT2D eigenvalue weighted by Gasteiger charge is 2.50. The fourth-order valence-electron chi connectivity index (χ4n) is 6.98. The maximum atomic E-state index is 7.04. The van der Waals surface area contributed by atoms with E-state index in [9.17, 15) is 0 Å². The highest BCUT2D eigenvalue weighted by atomic mass is 28.4. The van der Waals surface area contributed by atoms with Gasteiger partial charge in [-0.05, 0) is 103 Å². The Labute approximate surface area is 244 Å². The first kappa shape index (κ1) is 32.6. The third-order valence-electron chi connectivity index (χ3n) is 11.6. The number of allylic oxidation sites excluding steroid dienone is 3. The lowest BCUT2D eigenvalue weighted by Crippen LogP contribution is -2.49. The lowest BCUT2D eigenvalue weighted by Gasteiger charge is -2.45. The van der Waals surface area contributed by atoms with E-state index in [2.05, 4.69) is 106 Å². The highest BCUT2D eigenvalue weighted by Crippen LogP contribution is 2.59. The first-order chi connectivity index (χ1) is 17.7. The van der Waals surface area contributed by atoms with Gasteiger partial charge < -0.3 is 8.85 Å². The molecule has 3 aliphatic carbocycles. The van der Waals surface area contributed by atoms with Crippen LogP contribution in [-0.4, -0.2) is 28.8 Å². The number of rotatable bonds is 6. The maximum Gasteiger partial charge on any atom is 0.192 e. The van der Waals surface area contributed by atoms with E-state index >= 15 is 0 Å². The Hall–Kier alpha value is -0.866. The number of hydrogen-bond acceptors (Lipinski definition) is 2. The molecule has 0 radical (unpaired) electrons. The minimum absolute atomic E-state index is 0.0306. The molecule has 220 valence electrons. The lowest BCUT2D eigenvalue weighted by atomic mass is 9.61. The van der Waals surface area contributed by atoms with Crippen molar-refractivity contribution in [3.05, 3.63) is 35.5 Å². The Morgan fingerprint density at radius 1 is 1.00 bits per heavy atom. The summed E-state index contributed by atoms with van der Waals surface area (Å²) in [6.07, 6.45) is 19.2. The normalized spacial score (nSPS) is 33.8. The maximum absolute atomic E-state index is 7.04. The minimum Gasteiger partial charge on any atom is -0.413 e. The number of hydrogen-bond donors (Lipinski definition) is 0. The summed E-state index contributed by atoms with van der Waals surface area (Å²) in [5, 5.41) is 0.345. The molecule has 0 aliphatic heterocycles. The molecule has 3 saturated carbocycles. The smallest absolute Gasteiger partial charge is 0.192 e. The van der Waals surface area contributed by atoms with Crippen LogP contribution in [0.3, 0.4) is 0 Å². The molecule has 0 aromatic heterocycles. The van der Waals surface area contributed by atoms with E-state index in [1.54, 1.807) is 5.57 Å². The zero-order valence-corrected chi connectivity index (χ0v) is 29.6. The van der Waals surface area contributed by atoms with Gasteiger partial charge in [0.15, 0.2) is 16.6 Å². The summed E-state index contributed by atoms with van der Waals surface area (Å²) < 4.78 is 14.1. The van der Waals surface area contributed by atoms with Gasteiger partial charge in [0.25, 0.3) is 0 Å². The molecular weight excluding hydrogens is 509 g/mol. The molecule has 0 saturated heterocycles. The van der Waals surface area contributed by atoms with Crippen LogP contribution in [0.15, 0.2) is 35.5 Å². The van der Waals surface area contributed by atoms with E-state index < -0.39 is 16.6 Å². The van der Waals surface area contributed by atoms with Crippen molar-refractivity contribution < 1.29 is 8.85 Å². The van der Waals surface area contributed by atoms with Crippen LogP contribution >= 0.6 is 0 Å². The average molecular weight is 569 g/mol. The van der Waals surface area contributed by atoms with Gasteiger partial charge in [0.2, 0.25) is 0 Å². The fraction of sp³-hybridized carbons (Fsp3) is 0.771. The number of fused-ring (bicyclic) bond motifs is 1. The molecule has 0 aromatic carbocycles. The third-order valence-corrected chi connectivity index (χ3v) is 20.7. The molecule has 3 rings (SSSR count). The Morgan fingerprint density at radius 3 is 2.15 bits per heavy atom. The Bertz CT molecular complexity index is 1010. The van der Waals surface area contributed by atoms with E-state index in [1.807, 2.05) is 0 Å². The second-order valence-electron chi connectivity index (χ2n) is 16.3. The van der Waals surface area contributed by atoms with E-state index in [-0.39, 0.29) is 22.3 Å². The second kappa shape index (κ2) is 11.4. The Morgan fingerprint density at radius 2 is 1.59 bits per heavy atom. The van der Waals surface area contributed by atoms with Gasteiger partial charge in [-0.1, -0.05) is 79.7 Å². The van der Waals surface area contributed by atoms with Crippen LogP contribution in [0.2, 0.25) is 36.3 Å². The minimum atomic E-state index is -1.96. The summed E-state index contributed by atoms with van der Waals surface area (Å²) in [5.41, 5.74) is 4.47. The summed E-state index contributed by atoms with van der Waals surface area (Å²) in [6, 6.07) is 0. The summed E-state index contributed by atoms with van der Waals surface area (Å²) in [5.74, 6) is 4.72. The first-order valence-electron chi connectivity index (χ1n) is 15.6. The summed E-state index contributed by atoms with van der Waals surface area (Å²) in [4.78, 5) is 0. The molecule has 0 spiro atoms. The van der Waals surface area contributed by atoms with E-state index in [0.717, 1.165) is 12.8 Å². The molecule has 0 bridgehead atoms. The van der Waals surface area contributed by atoms with Gasteiger partial charge in [0.1, 0.15) is 0 Å². The average Bonchev–Trinajstić information content (AvgIpc) is 3.15. The van der Waals surface area contributed by atoms with Crippen molar-refractivity contribution in [2.24, 2.45) is 23.2 Å². The molecule has 4 heteroatoms. The SMILES string of the molecule is C#C[C@@H](C)[C@H]1CC[C@H]2/C(=C/C=C3/C[C@@H](O[Si](C)(C)C(C)(C)C)C[C@H](O[Si](C)(C)C(C)(C)C)C3=C)CCC[C@]12C. The van der Waals surface area contributed by atoms with Crippen LogP contribution in [0.4, 0.5) is 0 Å². The predicted molar refractivity (Wildman–Crippen MR) is 175 cm³/mol. The van der Waals surface area contributed by atoms with Crippen molar-refractivity contribution in [1.29, 1.82) is 0 Å². The van der Waals surface area contributed by atoms with Gasteiger partial charge >= 0.3 is 0 Å². The van der Waals surface area contributed by atoms with Crippen LogP contribution in [0.5, 0.6) is 0 Å². The van der Waals surface area contributed by atoms with Gasteiger partial charge in [-0.3, -0.25) is 0 Å². The Balaban J connectivity index is 1.93. The second-order valence-corrected chi connectivity index (χ2v) is 25.8. The zero-order chi connectivity index (χ0) is 29.6. The van der Waals surface area contributed by atoms with E-state index in [4.69, 9.17) is 15.3 Å². The predicted octanol–water partition coefficient (Wildman–Crippen LogP) is 10.5. The van der Waals surface area contributed by atoms with Crippen LogP contribution < -0.4 is 0 Å². The molecule has 0 unspecified atom stereocenters. The van der Waals surface area contributed by atoms with Gasteiger partial charge in [0, 0.05) is 12.3 Å². The quantitative estimate of drug-likeness (QED) is 0.234. The Kier molecular flexibility index (Phi) is 9.57. The zero-order valence-electron chi connectivity index (χ0n) is 27.6. The molecular formula is C35H60O2Si2. The highest BCUT2D eigenvalue weighted by molar-refractivity contribution is 6.74. The van der Waals surface area contributed by atoms with Crippen molar-refractivity contribution in [2.45, 2.75) is 149 Å². The topological polar surface area (TPSA) is 18.5 Å². The fourth-order valence-corrected chi connectivity index (χ4v) is 9.65. The van der Waals surface area contributed by atoms with Crippen molar-refractivity contribution >= 4 is 16.6 Å². The lowest BCUT2D eigenvalue weighted by molar-refractivity contribution is 0.0969. The molecule has 0 heterocycles. The summed E-state index contributed by atoms with van der Waals surface area (Å²) in [7, 11) is -3.86. The van der Waals surface area contributed by atoms with E-state index in [0.29, 0.717) is 23.2 Å². The van der Waals surface area contributed by atoms with Crippen LogP contribution in [-0.2, 0) is 8.85 Å². The van der Waals surface area contributed by atoms with Crippen molar-refractivity contribution in [3.63, 3.8) is 0 Å². The molecule has 0 amide bonds. The van der Waals surface area contributed by atoms with Crippen LogP contribution in [0.1, 0.15) is 100 Å². The molecule has 6 atom stereocenters. The first-order valence-corrected chi connectivity index (χ1v) is 21.5. The van der Waals surface area contributed by atoms with Crippen LogP contribution in [0.25, 0.3) is 0 Å². The molecule has 2 nitrogen and oxygen atoms in total. The van der Waals surface area contributed by atoms with Crippen molar-refractivity contribution in [3.8, 4) is 12.3 Å². The standard InChI is InChI=1S/C35H60O2Si2/c1-15-25(2)30-20-21-31-27(17-16-22-35(30,31)10)18-19-28-23-29(36-38(11,12)33(4,5)6)24-32(26(28)3)37-39(13,14)34(7,8)9/h1,18-19,25,29-32H,3,16-17,20-24H2,2,4-14H3/b27-18+,28-19-/t25-,29-,30-,31+,32+,35-/m1/s1.